The van der Waals surface area contributed by atoms with Crippen molar-refractivity contribution < 1.29 is 0 Å². The molecule has 0 rings (SSSR count). The second-order valence-corrected chi connectivity index (χ2v) is 3.25. The highest BCUT2D eigenvalue weighted by atomic mass is 35.5. The number of nitrogens with one attached hydrogen (secondary N) is 1. The third-order valence-electron chi connectivity index (χ3n) is 1.80. The topological polar surface area (TPSA) is 15.3 Å². The molecule has 2 nitrogen and oxygen atoms in total. The van der Waals surface area contributed by atoms with E-state index in [0.717, 1.165) is 26.2 Å². The standard InChI is InChI=1S/C9H19ClN2/c1-4-12(3)6-5-11-8-9(2)7-10/h7,11H,4-6,8H2,1-3H3. The maximum atomic E-state index is 5.51. The fraction of sp³-hybridized carbons (Fsp3) is 0.778. The van der Waals surface area contributed by atoms with Crippen molar-refractivity contribution in [3.05, 3.63) is 11.1 Å². The molecule has 72 valence electrons. The lowest BCUT2D eigenvalue weighted by Gasteiger charge is -2.13. The Morgan fingerprint density at radius 3 is 2.75 bits per heavy atom. The molecule has 0 bridgehead atoms. The molecule has 0 aliphatic carbocycles. The van der Waals surface area contributed by atoms with Crippen LogP contribution < -0.4 is 5.32 Å². The molecule has 0 atom stereocenters. The Labute approximate surface area is 80.6 Å². The summed E-state index contributed by atoms with van der Waals surface area (Å²) in [5.41, 5.74) is 2.80. The zero-order valence-corrected chi connectivity index (χ0v) is 8.99. The summed E-state index contributed by atoms with van der Waals surface area (Å²) in [6.07, 6.45) is 0. The molecule has 0 aromatic carbocycles. The maximum Gasteiger partial charge on any atom is 0.0174 e. The first-order chi connectivity index (χ1) is 5.70. The van der Waals surface area contributed by atoms with Crippen molar-refractivity contribution in [1.82, 2.24) is 10.2 Å². The highest BCUT2D eigenvalue weighted by Crippen LogP contribution is 1.91. The summed E-state index contributed by atoms with van der Waals surface area (Å²) in [6.45, 7) is 8.28. The zero-order chi connectivity index (χ0) is 9.40. The molecule has 0 aromatic rings. The maximum absolute atomic E-state index is 5.51. The lowest BCUT2D eigenvalue weighted by atomic mass is 10.3. The van der Waals surface area contributed by atoms with Gasteiger partial charge < -0.3 is 10.2 Å². The van der Waals surface area contributed by atoms with Gasteiger partial charge in [0.2, 0.25) is 0 Å². The Hall–Kier alpha value is -0.0500. The van der Waals surface area contributed by atoms with Crippen molar-refractivity contribution in [2.75, 3.05) is 33.2 Å². The van der Waals surface area contributed by atoms with Crippen molar-refractivity contribution in [3.8, 4) is 0 Å². The Balaban J connectivity index is 3.21. The highest BCUT2D eigenvalue weighted by molar-refractivity contribution is 6.25. The van der Waals surface area contributed by atoms with Crippen LogP contribution in [0.1, 0.15) is 13.8 Å². The van der Waals surface area contributed by atoms with Crippen LogP contribution in [-0.4, -0.2) is 38.1 Å². The molecule has 0 aliphatic heterocycles. The van der Waals surface area contributed by atoms with E-state index < -0.39 is 0 Å². The minimum absolute atomic E-state index is 0.890. The van der Waals surface area contributed by atoms with Crippen LogP contribution in [0.15, 0.2) is 11.1 Å². The largest absolute Gasteiger partial charge is 0.312 e. The smallest absolute Gasteiger partial charge is 0.0174 e. The molecule has 0 spiro atoms. The molecule has 0 aliphatic rings. The Morgan fingerprint density at radius 1 is 1.58 bits per heavy atom. The third-order valence-corrected chi connectivity index (χ3v) is 2.17. The minimum atomic E-state index is 0.890. The quantitative estimate of drug-likeness (QED) is 0.642. The second kappa shape index (κ2) is 7.59. The number of hydrogen-bond donors (Lipinski definition) is 1. The van der Waals surface area contributed by atoms with Crippen LogP contribution in [0.2, 0.25) is 0 Å². The van der Waals surface area contributed by atoms with Gasteiger partial charge in [0.25, 0.3) is 0 Å². The summed E-state index contributed by atoms with van der Waals surface area (Å²) >= 11 is 5.51. The summed E-state index contributed by atoms with van der Waals surface area (Å²) in [5, 5.41) is 3.31. The molecule has 0 amide bonds. The highest BCUT2D eigenvalue weighted by Gasteiger charge is 1.93. The minimum Gasteiger partial charge on any atom is -0.312 e. The number of rotatable bonds is 6. The summed E-state index contributed by atoms with van der Waals surface area (Å²) in [6, 6.07) is 0. The van der Waals surface area contributed by atoms with Gasteiger partial charge in [-0.25, -0.2) is 0 Å². The Kier molecular flexibility index (Phi) is 7.56. The molecule has 3 heteroatoms. The van der Waals surface area contributed by atoms with Crippen molar-refractivity contribution >= 4 is 11.6 Å². The Morgan fingerprint density at radius 2 is 2.25 bits per heavy atom. The molecule has 0 saturated heterocycles. The van der Waals surface area contributed by atoms with E-state index in [1.807, 2.05) is 6.92 Å². The van der Waals surface area contributed by atoms with Gasteiger partial charge in [0, 0.05) is 25.2 Å². The molecule has 0 fully saturated rings. The van der Waals surface area contributed by atoms with Crippen LogP contribution in [0.3, 0.4) is 0 Å². The van der Waals surface area contributed by atoms with E-state index in [2.05, 4.69) is 24.2 Å². The predicted octanol–water partition coefficient (Wildman–Crippen LogP) is 1.67. The molecule has 12 heavy (non-hydrogen) atoms. The SMILES string of the molecule is CCN(C)CCNCC(C)=CCl. The normalized spacial score (nSPS) is 12.6. The second-order valence-electron chi connectivity index (χ2n) is 3.03. The number of nitrogens with zero attached hydrogens (tertiary/aromatic N) is 1. The van der Waals surface area contributed by atoms with Gasteiger partial charge in [-0.05, 0) is 26.1 Å². The van der Waals surface area contributed by atoms with Crippen LogP contribution in [-0.2, 0) is 0 Å². The van der Waals surface area contributed by atoms with Gasteiger partial charge in [0.15, 0.2) is 0 Å². The van der Waals surface area contributed by atoms with Crippen LogP contribution in [0.4, 0.5) is 0 Å². The van der Waals surface area contributed by atoms with Gasteiger partial charge in [-0.2, -0.15) is 0 Å². The fourth-order valence-corrected chi connectivity index (χ4v) is 0.829. The van der Waals surface area contributed by atoms with Gasteiger partial charge in [0.05, 0.1) is 0 Å². The van der Waals surface area contributed by atoms with E-state index in [9.17, 15) is 0 Å². The summed E-state index contributed by atoms with van der Waals surface area (Å²) < 4.78 is 0. The number of hydrogen-bond acceptors (Lipinski definition) is 2. The fourth-order valence-electron chi connectivity index (χ4n) is 0.752. The molecule has 0 saturated carbocycles. The molecule has 0 unspecified atom stereocenters. The first-order valence-corrected chi connectivity index (χ1v) is 4.79. The summed E-state index contributed by atoms with van der Waals surface area (Å²) in [5.74, 6) is 0. The lowest BCUT2D eigenvalue weighted by Crippen LogP contribution is -2.29. The van der Waals surface area contributed by atoms with Gasteiger partial charge in [-0.1, -0.05) is 18.5 Å². The summed E-state index contributed by atoms with van der Waals surface area (Å²) in [7, 11) is 2.12. The van der Waals surface area contributed by atoms with E-state index >= 15 is 0 Å². The van der Waals surface area contributed by atoms with Crippen molar-refractivity contribution in [2.45, 2.75) is 13.8 Å². The van der Waals surface area contributed by atoms with Crippen LogP contribution in [0.5, 0.6) is 0 Å². The molecule has 1 N–H and O–H groups in total. The average molecular weight is 191 g/mol. The van der Waals surface area contributed by atoms with Crippen LogP contribution in [0.25, 0.3) is 0 Å². The first kappa shape index (κ1) is 11.9. The van der Waals surface area contributed by atoms with Crippen LogP contribution >= 0.6 is 11.6 Å². The van der Waals surface area contributed by atoms with E-state index in [1.165, 1.54) is 5.57 Å². The monoisotopic (exact) mass is 190 g/mol. The predicted molar refractivity (Wildman–Crippen MR) is 55.7 cm³/mol. The number of likely N-dealkylation sites (N-methyl/N-ethyl adjacent to an activating group) is 1. The molecular formula is C9H19ClN2. The molecular weight excluding hydrogens is 172 g/mol. The average Bonchev–Trinajstić information content (AvgIpc) is 2.11. The van der Waals surface area contributed by atoms with Gasteiger partial charge >= 0.3 is 0 Å². The summed E-state index contributed by atoms with van der Waals surface area (Å²) in [4.78, 5) is 2.27. The molecule has 0 aromatic heterocycles. The van der Waals surface area contributed by atoms with Gasteiger partial charge in [0.1, 0.15) is 0 Å². The van der Waals surface area contributed by atoms with Crippen LogP contribution in [0, 0.1) is 0 Å². The molecule has 0 heterocycles. The lowest BCUT2D eigenvalue weighted by molar-refractivity contribution is 0.351. The first-order valence-electron chi connectivity index (χ1n) is 4.35. The number of halogens is 1. The van der Waals surface area contributed by atoms with Crippen molar-refractivity contribution in [3.63, 3.8) is 0 Å². The Bertz CT molecular complexity index is 134. The van der Waals surface area contributed by atoms with Crippen molar-refractivity contribution in [1.29, 1.82) is 0 Å². The van der Waals surface area contributed by atoms with E-state index in [4.69, 9.17) is 11.6 Å². The zero-order valence-electron chi connectivity index (χ0n) is 8.23. The van der Waals surface area contributed by atoms with E-state index in [0.29, 0.717) is 0 Å². The van der Waals surface area contributed by atoms with Crippen molar-refractivity contribution in [2.24, 2.45) is 0 Å². The van der Waals surface area contributed by atoms with E-state index in [-0.39, 0.29) is 0 Å². The van der Waals surface area contributed by atoms with E-state index in [1.54, 1.807) is 5.54 Å². The molecule has 0 radical (unpaired) electrons. The van der Waals surface area contributed by atoms with Gasteiger partial charge in [-0.3, -0.25) is 0 Å². The van der Waals surface area contributed by atoms with Gasteiger partial charge in [-0.15, -0.1) is 0 Å². The third kappa shape index (κ3) is 6.65.